The van der Waals surface area contributed by atoms with Crippen molar-refractivity contribution in [3.63, 3.8) is 0 Å². The van der Waals surface area contributed by atoms with E-state index in [1.54, 1.807) is 24.3 Å². The Morgan fingerprint density at radius 3 is 2.65 bits per heavy atom. The zero-order valence-electron chi connectivity index (χ0n) is 11.9. The highest BCUT2D eigenvalue weighted by Crippen LogP contribution is 2.16. The van der Waals surface area contributed by atoms with Gasteiger partial charge in [-0.3, -0.25) is 0 Å². The average molecular weight is 278 g/mol. The van der Waals surface area contributed by atoms with Crippen LogP contribution in [0.1, 0.15) is 19.4 Å². The lowest BCUT2D eigenvalue weighted by Crippen LogP contribution is -2.42. The number of nitrogens with zero attached hydrogens (tertiary/aromatic N) is 1. The highest BCUT2D eigenvalue weighted by atomic mass is 16.5. The topological polar surface area (TPSA) is 85.5 Å². The molecule has 0 fully saturated rings. The first-order valence-electron chi connectivity index (χ1n) is 6.72. The Bertz CT molecular complexity index is 443. The maximum Gasteiger partial charge on any atom is 0.137 e. The molecule has 1 rings (SSSR count). The van der Waals surface area contributed by atoms with E-state index in [9.17, 15) is 10.2 Å². The molecular weight excluding hydrogens is 256 g/mol. The average Bonchev–Trinajstić information content (AvgIpc) is 2.45. The smallest absolute Gasteiger partial charge is 0.137 e. The highest BCUT2D eigenvalue weighted by Gasteiger charge is 2.14. The van der Waals surface area contributed by atoms with Gasteiger partial charge < -0.3 is 20.3 Å². The molecule has 0 aliphatic heterocycles. The number of para-hydroxylation sites is 1. The van der Waals surface area contributed by atoms with E-state index in [2.05, 4.69) is 5.32 Å². The fraction of sp³-hybridized carbons (Fsp3) is 0.533. The Labute approximate surface area is 119 Å². The number of aliphatic hydroxyl groups excluding tert-OH is 2. The molecule has 0 saturated heterocycles. The Morgan fingerprint density at radius 1 is 1.35 bits per heavy atom. The molecule has 1 aromatic carbocycles. The summed E-state index contributed by atoms with van der Waals surface area (Å²) in [6.07, 6.45) is -0.699. The Balaban J connectivity index is 2.40. The predicted molar refractivity (Wildman–Crippen MR) is 76.4 cm³/mol. The molecule has 5 heteroatoms. The van der Waals surface area contributed by atoms with Crippen molar-refractivity contribution in [1.29, 1.82) is 5.26 Å². The van der Waals surface area contributed by atoms with Crippen LogP contribution >= 0.6 is 0 Å². The third kappa shape index (κ3) is 5.17. The number of benzene rings is 1. The number of ether oxygens (including phenoxy) is 1. The largest absolute Gasteiger partial charge is 0.489 e. The minimum Gasteiger partial charge on any atom is -0.489 e. The first-order valence-corrected chi connectivity index (χ1v) is 6.72. The van der Waals surface area contributed by atoms with Crippen LogP contribution in [0.3, 0.4) is 0 Å². The van der Waals surface area contributed by atoms with Crippen LogP contribution < -0.4 is 10.1 Å². The molecule has 3 N–H and O–H groups in total. The second kappa shape index (κ2) is 8.54. The van der Waals surface area contributed by atoms with Crippen LogP contribution in [-0.4, -0.2) is 42.1 Å². The molecule has 20 heavy (non-hydrogen) atoms. The van der Waals surface area contributed by atoms with Gasteiger partial charge in [-0.05, 0) is 18.1 Å². The molecule has 0 bridgehead atoms. The number of nitriles is 1. The molecule has 0 amide bonds. The molecule has 5 nitrogen and oxygen atoms in total. The van der Waals surface area contributed by atoms with Crippen LogP contribution in [0.4, 0.5) is 0 Å². The van der Waals surface area contributed by atoms with Crippen LogP contribution in [0.25, 0.3) is 0 Å². The van der Waals surface area contributed by atoms with Crippen LogP contribution in [0.15, 0.2) is 24.3 Å². The SMILES string of the molecule is CC(C)[C@@H](CO)NCC(O)COc1ccccc1C#N. The van der Waals surface area contributed by atoms with E-state index in [-0.39, 0.29) is 25.2 Å². The van der Waals surface area contributed by atoms with Crippen molar-refractivity contribution < 1.29 is 14.9 Å². The number of nitrogens with one attached hydrogen (secondary N) is 1. The van der Waals surface area contributed by atoms with E-state index in [4.69, 9.17) is 10.00 Å². The molecule has 0 aromatic heterocycles. The molecule has 1 unspecified atom stereocenters. The first-order chi connectivity index (χ1) is 9.58. The highest BCUT2D eigenvalue weighted by molar-refractivity contribution is 5.42. The monoisotopic (exact) mass is 278 g/mol. The van der Waals surface area contributed by atoms with Crippen molar-refractivity contribution in [1.82, 2.24) is 5.32 Å². The summed E-state index contributed by atoms with van der Waals surface area (Å²) < 4.78 is 5.44. The Morgan fingerprint density at radius 2 is 2.05 bits per heavy atom. The second-order valence-corrected chi connectivity index (χ2v) is 5.01. The Kier molecular flexibility index (Phi) is 7.02. The zero-order valence-corrected chi connectivity index (χ0v) is 11.9. The number of hydrogen-bond acceptors (Lipinski definition) is 5. The fourth-order valence-corrected chi connectivity index (χ4v) is 1.73. The molecule has 0 radical (unpaired) electrons. The van der Waals surface area contributed by atoms with Crippen molar-refractivity contribution >= 4 is 0 Å². The van der Waals surface area contributed by atoms with Crippen LogP contribution in [0.2, 0.25) is 0 Å². The normalized spacial score (nSPS) is 13.8. The minimum atomic E-state index is -0.699. The first kappa shape index (κ1) is 16.4. The van der Waals surface area contributed by atoms with Crippen LogP contribution in [-0.2, 0) is 0 Å². The summed E-state index contributed by atoms with van der Waals surface area (Å²) in [5.41, 5.74) is 0.447. The van der Waals surface area contributed by atoms with Crippen molar-refractivity contribution in [3.05, 3.63) is 29.8 Å². The van der Waals surface area contributed by atoms with Gasteiger partial charge in [0.05, 0.1) is 12.2 Å². The predicted octanol–water partition coefficient (Wildman–Crippen LogP) is 0.904. The molecule has 0 aliphatic rings. The van der Waals surface area contributed by atoms with E-state index in [1.165, 1.54) is 0 Å². The maximum absolute atomic E-state index is 9.85. The van der Waals surface area contributed by atoms with Gasteiger partial charge in [-0.2, -0.15) is 5.26 Å². The summed E-state index contributed by atoms with van der Waals surface area (Å²) in [5, 5.41) is 31.0. The molecule has 1 aromatic rings. The standard InChI is InChI=1S/C15H22N2O3/c1-11(2)14(9-18)17-8-13(19)10-20-15-6-4-3-5-12(15)7-16/h3-6,11,13-14,17-19H,8-10H2,1-2H3/t13?,14-/m1/s1. The van der Waals surface area contributed by atoms with Gasteiger partial charge in [-0.1, -0.05) is 26.0 Å². The van der Waals surface area contributed by atoms with E-state index in [0.29, 0.717) is 17.9 Å². The van der Waals surface area contributed by atoms with Gasteiger partial charge in [0.1, 0.15) is 24.5 Å². The Hall–Kier alpha value is -1.61. The van der Waals surface area contributed by atoms with Crippen LogP contribution in [0.5, 0.6) is 5.75 Å². The van der Waals surface area contributed by atoms with Gasteiger partial charge in [0.15, 0.2) is 0 Å². The summed E-state index contributed by atoms with van der Waals surface area (Å²) >= 11 is 0. The fourth-order valence-electron chi connectivity index (χ4n) is 1.73. The van der Waals surface area contributed by atoms with Crippen molar-refractivity contribution in [2.75, 3.05) is 19.8 Å². The summed E-state index contributed by atoms with van der Waals surface area (Å²) in [5.74, 6) is 0.754. The number of rotatable bonds is 8. The minimum absolute atomic E-state index is 0.0303. The van der Waals surface area contributed by atoms with E-state index >= 15 is 0 Å². The molecular formula is C15H22N2O3. The van der Waals surface area contributed by atoms with Crippen molar-refractivity contribution in [2.24, 2.45) is 5.92 Å². The van der Waals surface area contributed by atoms with Crippen molar-refractivity contribution in [3.8, 4) is 11.8 Å². The van der Waals surface area contributed by atoms with Gasteiger partial charge >= 0.3 is 0 Å². The summed E-state index contributed by atoms with van der Waals surface area (Å²) in [6.45, 7) is 4.46. The third-order valence-corrected chi connectivity index (χ3v) is 3.06. The molecule has 0 saturated carbocycles. The third-order valence-electron chi connectivity index (χ3n) is 3.06. The van der Waals surface area contributed by atoms with Gasteiger partial charge in [0, 0.05) is 12.6 Å². The van der Waals surface area contributed by atoms with Gasteiger partial charge in [0.2, 0.25) is 0 Å². The van der Waals surface area contributed by atoms with Crippen molar-refractivity contribution in [2.45, 2.75) is 26.0 Å². The zero-order chi connectivity index (χ0) is 15.0. The van der Waals surface area contributed by atoms with E-state index in [1.807, 2.05) is 19.9 Å². The van der Waals surface area contributed by atoms with Gasteiger partial charge in [-0.25, -0.2) is 0 Å². The summed E-state index contributed by atoms with van der Waals surface area (Å²) in [6, 6.07) is 8.90. The maximum atomic E-state index is 9.85. The van der Waals surface area contributed by atoms with Gasteiger partial charge in [0.25, 0.3) is 0 Å². The number of aliphatic hydroxyl groups is 2. The molecule has 0 heterocycles. The second-order valence-electron chi connectivity index (χ2n) is 5.01. The molecule has 0 spiro atoms. The quantitative estimate of drug-likeness (QED) is 0.658. The molecule has 110 valence electrons. The lowest BCUT2D eigenvalue weighted by atomic mass is 10.1. The molecule has 0 aliphatic carbocycles. The number of hydrogen-bond donors (Lipinski definition) is 3. The lowest BCUT2D eigenvalue weighted by molar-refractivity contribution is 0.0960. The summed E-state index contributed by atoms with van der Waals surface area (Å²) in [7, 11) is 0. The summed E-state index contributed by atoms with van der Waals surface area (Å²) in [4.78, 5) is 0. The van der Waals surface area contributed by atoms with Crippen LogP contribution in [0, 0.1) is 17.2 Å². The molecule has 2 atom stereocenters. The van der Waals surface area contributed by atoms with E-state index in [0.717, 1.165) is 0 Å². The van der Waals surface area contributed by atoms with Gasteiger partial charge in [-0.15, -0.1) is 0 Å². The van der Waals surface area contributed by atoms with E-state index < -0.39 is 6.10 Å². The lowest BCUT2D eigenvalue weighted by Gasteiger charge is -2.22.